The summed E-state index contributed by atoms with van der Waals surface area (Å²) in [7, 11) is 1.38. The summed E-state index contributed by atoms with van der Waals surface area (Å²) in [6.07, 6.45) is 5.64. The molecule has 5 nitrogen and oxygen atoms in total. The summed E-state index contributed by atoms with van der Waals surface area (Å²) >= 11 is 0. The van der Waals surface area contributed by atoms with Crippen LogP contribution in [-0.4, -0.2) is 28.8 Å². The molecule has 0 aliphatic carbocycles. The number of carbonyl (C=O) groups is 1. The van der Waals surface area contributed by atoms with Gasteiger partial charge in [-0.05, 0) is 35.4 Å². The van der Waals surface area contributed by atoms with Crippen molar-refractivity contribution in [1.29, 1.82) is 0 Å². The Balaban J connectivity index is 1.74. The summed E-state index contributed by atoms with van der Waals surface area (Å²) < 4.78 is 7.07. The minimum absolute atomic E-state index is 0.0159. The van der Waals surface area contributed by atoms with Crippen LogP contribution in [0.5, 0.6) is 0 Å². The van der Waals surface area contributed by atoms with Crippen LogP contribution < -0.4 is 5.32 Å². The van der Waals surface area contributed by atoms with E-state index in [1.54, 1.807) is 6.08 Å². The molecule has 2 N–H and O–H groups in total. The Hall–Kier alpha value is -3.31. The minimum atomic E-state index is -0.373. The van der Waals surface area contributed by atoms with E-state index in [2.05, 4.69) is 28.1 Å². The molecule has 2 aromatic carbocycles. The second-order valence-electron chi connectivity index (χ2n) is 6.77. The summed E-state index contributed by atoms with van der Waals surface area (Å²) in [6.45, 7) is 0.666. The van der Waals surface area contributed by atoms with E-state index in [9.17, 15) is 9.90 Å². The van der Waals surface area contributed by atoms with Gasteiger partial charge in [-0.2, -0.15) is 0 Å². The van der Waals surface area contributed by atoms with E-state index in [-0.39, 0.29) is 18.6 Å². The minimum Gasteiger partial charge on any atom is -0.464 e. The van der Waals surface area contributed by atoms with E-state index < -0.39 is 0 Å². The molecule has 4 rings (SSSR count). The van der Waals surface area contributed by atoms with Crippen molar-refractivity contribution in [2.45, 2.75) is 19.2 Å². The van der Waals surface area contributed by atoms with Crippen LogP contribution >= 0.6 is 0 Å². The van der Waals surface area contributed by atoms with Crippen LogP contribution in [0.2, 0.25) is 0 Å². The van der Waals surface area contributed by atoms with Gasteiger partial charge in [0, 0.05) is 23.1 Å². The van der Waals surface area contributed by atoms with Gasteiger partial charge >= 0.3 is 5.97 Å². The second-order valence-corrected chi connectivity index (χ2v) is 6.77. The Labute approximate surface area is 163 Å². The van der Waals surface area contributed by atoms with Crippen molar-refractivity contribution in [2.75, 3.05) is 7.11 Å². The molecule has 0 saturated heterocycles. The zero-order valence-corrected chi connectivity index (χ0v) is 15.6. The lowest BCUT2D eigenvalue weighted by molar-refractivity contribution is -0.136. The third-order valence-corrected chi connectivity index (χ3v) is 4.95. The second kappa shape index (κ2) is 7.74. The number of esters is 1. The summed E-state index contributed by atoms with van der Waals surface area (Å²) in [5, 5.41) is 13.8. The number of nitrogens with one attached hydrogen (secondary N) is 1. The van der Waals surface area contributed by atoms with Crippen molar-refractivity contribution < 1.29 is 14.6 Å². The van der Waals surface area contributed by atoms with E-state index in [0.717, 1.165) is 27.7 Å². The van der Waals surface area contributed by atoms with E-state index in [1.807, 2.05) is 48.6 Å². The first kappa shape index (κ1) is 18.1. The summed E-state index contributed by atoms with van der Waals surface area (Å²) in [5.74, 6) is -0.373. The number of carbonyl (C=O) groups excluding carboxylic acids is 1. The number of rotatable bonds is 5. The van der Waals surface area contributed by atoms with Gasteiger partial charge < -0.3 is 19.7 Å². The third kappa shape index (κ3) is 3.44. The monoisotopic (exact) mass is 374 g/mol. The maximum Gasteiger partial charge on any atom is 0.354 e. The molecule has 28 heavy (non-hydrogen) atoms. The Bertz CT molecular complexity index is 1060. The molecule has 1 aliphatic heterocycles. The first-order valence-corrected chi connectivity index (χ1v) is 9.21. The molecule has 5 heteroatoms. The highest BCUT2D eigenvalue weighted by Gasteiger charge is 2.19. The summed E-state index contributed by atoms with van der Waals surface area (Å²) in [4.78, 5) is 11.9. The fraction of sp³-hybridized carbons (Fsp3) is 0.174. The maximum absolute atomic E-state index is 11.9. The number of aliphatic hydroxyl groups is 1. The van der Waals surface area contributed by atoms with Crippen LogP contribution in [0.1, 0.15) is 5.56 Å². The van der Waals surface area contributed by atoms with Crippen LogP contribution in [0.3, 0.4) is 0 Å². The quantitative estimate of drug-likeness (QED) is 0.672. The van der Waals surface area contributed by atoms with Crippen molar-refractivity contribution >= 4 is 16.9 Å². The van der Waals surface area contributed by atoms with Gasteiger partial charge in [0.05, 0.1) is 19.8 Å². The zero-order chi connectivity index (χ0) is 19.5. The number of ether oxygens (including phenoxy) is 1. The zero-order valence-electron chi connectivity index (χ0n) is 15.6. The molecule has 1 aliphatic rings. The number of fused-ring (bicyclic) bond motifs is 1. The maximum atomic E-state index is 11.9. The van der Waals surface area contributed by atoms with Crippen molar-refractivity contribution in [2.24, 2.45) is 0 Å². The standard InChI is InChI=1S/C23H22N2O3/c1-28-23(27)20-9-5-8-19(24-20)14-25-21-11-10-16(15-26)12-18(21)13-22(25)17-6-3-2-4-7-17/h2-13,19,24,26H,14-15H2,1H3. The van der Waals surface area contributed by atoms with Crippen LogP contribution in [0.15, 0.2) is 78.5 Å². The average molecular weight is 374 g/mol. The Kier molecular flexibility index (Phi) is 5.00. The van der Waals surface area contributed by atoms with E-state index in [0.29, 0.717) is 12.2 Å². The molecule has 1 atom stereocenters. The predicted molar refractivity (Wildman–Crippen MR) is 109 cm³/mol. The normalized spacial score (nSPS) is 15.9. The molecule has 0 bridgehead atoms. The molecule has 0 spiro atoms. The topological polar surface area (TPSA) is 63.5 Å². The fourth-order valence-corrected chi connectivity index (χ4v) is 3.59. The molecule has 3 aromatic rings. The smallest absolute Gasteiger partial charge is 0.354 e. The lowest BCUT2D eigenvalue weighted by atomic mass is 10.1. The van der Waals surface area contributed by atoms with Gasteiger partial charge in [0.2, 0.25) is 0 Å². The highest BCUT2D eigenvalue weighted by molar-refractivity contribution is 5.89. The van der Waals surface area contributed by atoms with Gasteiger partial charge in [-0.25, -0.2) is 4.79 Å². The van der Waals surface area contributed by atoms with Crippen LogP contribution in [0, 0.1) is 0 Å². The largest absolute Gasteiger partial charge is 0.464 e. The molecule has 0 saturated carbocycles. The molecule has 0 radical (unpaired) electrons. The Morgan fingerprint density at radius 3 is 2.75 bits per heavy atom. The average Bonchev–Trinajstić information content (AvgIpc) is 3.11. The number of benzene rings is 2. The molecular weight excluding hydrogens is 352 g/mol. The van der Waals surface area contributed by atoms with Crippen molar-refractivity contribution in [3.05, 3.63) is 84.1 Å². The van der Waals surface area contributed by atoms with Crippen LogP contribution in [0.4, 0.5) is 0 Å². The number of nitrogens with zero attached hydrogens (tertiary/aromatic N) is 1. The number of aliphatic hydroxyl groups excluding tert-OH is 1. The Morgan fingerprint density at radius 2 is 2.00 bits per heavy atom. The molecule has 2 heterocycles. The van der Waals surface area contributed by atoms with Gasteiger partial charge in [0.1, 0.15) is 5.70 Å². The summed E-state index contributed by atoms with van der Waals surface area (Å²) in [5.41, 5.74) is 4.63. The van der Waals surface area contributed by atoms with E-state index >= 15 is 0 Å². The first-order chi connectivity index (χ1) is 13.7. The molecule has 142 valence electrons. The van der Waals surface area contributed by atoms with Crippen LogP contribution in [-0.2, 0) is 22.7 Å². The molecule has 0 fully saturated rings. The first-order valence-electron chi connectivity index (χ1n) is 9.21. The van der Waals surface area contributed by atoms with Crippen molar-refractivity contribution in [3.8, 4) is 11.3 Å². The number of allylic oxidation sites excluding steroid dienone is 2. The van der Waals surface area contributed by atoms with E-state index in [4.69, 9.17) is 4.74 Å². The van der Waals surface area contributed by atoms with Crippen LogP contribution in [0.25, 0.3) is 22.2 Å². The third-order valence-electron chi connectivity index (χ3n) is 4.95. The van der Waals surface area contributed by atoms with E-state index in [1.165, 1.54) is 7.11 Å². The number of aromatic nitrogens is 1. The van der Waals surface area contributed by atoms with Gasteiger partial charge in [-0.1, -0.05) is 48.6 Å². The van der Waals surface area contributed by atoms with Gasteiger partial charge in [0.15, 0.2) is 0 Å². The molecule has 1 unspecified atom stereocenters. The van der Waals surface area contributed by atoms with Gasteiger partial charge in [-0.15, -0.1) is 0 Å². The SMILES string of the molecule is COC(=O)C1=CC=CC(Cn2c(-c3ccccc3)cc3cc(CO)ccc32)N1. The highest BCUT2D eigenvalue weighted by Crippen LogP contribution is 2.29. The number of dihydropyridines is 1. The van der Waals surface area contributed by atoms with Crippen molar-refractivity contribution in [3.63, 3.8) is 0 Å². The predicted octanol–water partition coefficient (Wildman–Crippen LogP) is 3.39. The van der Waals surface area contributed by atoms with Crippen molar-refractivity contribution in [1.82, 2.24) is 9.88 Å². The molecule has 0 amide bonds. The number of hydrogen-bond donors (Lipinski definition) is 2. The Morgan fingerprint density at radius 1 is 1.18 bits per heavy atom. The van der Waals surface area contributed by atoms with Gasteiger partial charge in [-0.3, -0.25) is 0 Å². The lowest BCUT2D eigenvalue weighted by Gasteiger charge is -2.23. The van der Waals surface area contributed by atoms with Gasteiger partial charge in [0.25, 0.3) is 0 Å². The summed E-state index contributed by atoms with van der Waals surface area (Å²) in [6, 6.07) is 18.3. The lowest BCUT2D eigenvalue weighted by Crippen LogP contribution is -2.35. The number of methoxy groups -OCH3 is 1. The molecular formula is C23H22N2O3. The highest BCUT2D eigenvalue weighted by atomic mass is 16.5. The molecule has 1 aromatic heterocycles. The fourth-order valence-electron chi connectivity index (χ4n) is 3.59. The number of hydrogen-bond acceptors (Lipinski definition) is 4.